The van der Waals surface area contributed by atoms with E-state index in [9.17, 15) is 4.79 Å². The average Bonchev–Trinajstić information content (AvgIpc) is 3.03. The van der Waals surface area contributed by atoms with Gasteiger partial charge < -0.3 is 5.32 Å². The molecule has 4 rings (SSSR count). The zero-order chi connectivity index (χ0) is 17.2. The molecule has 6 nitrogen and oxygen atoms in total. The Morgan fingerprint density at radius 3 is 2.76 bits per heavy atom. The van der Waals surface area contributed by atoms with E-state index in [1.54, 1.807) is 12.3 Å². The lowest BCUT2D eigenvalue weighted by atomic mass is 10.2. The highest BCUT2D eigenvalue weighted by atomic mass is 35.5. The van der Waals surface area contributed by atoms with E-state index in [1.807, 2.05) is 53.1 Å². The summed E-state index contributed by atoms with van der Waals surface area (Å²) in [4.78, 5) is 23.8. The Bertz CT molecular complexity index is 1060. The van der Waals surface area contributed by atoms with Crippen molar-refractivity contribution in [1.29, 1.82) is 0 Å². The summed E-state index contributed by atoms with van der Waals surface area (Å²) in [6.45, 7) is 0. The lowest BCUT2D eigenvalue weighted by Crippen LogP contribution is -2.22. The fourth-order valence-electron chi connectivity index (χ4n) is 2.65. The van der Waals surface area contributed by atoms with Crippen molar-refractivity contribution >= 4 is 28.8 Å². The second-order valence-electron chi connectivity index (χ2n) is 5.33. The van der Waals surface area contributed by atoms with Gasteiger partial charge in [0, 0.05) is 6.20 Å². The van der Waals surface area contributed by atoms with E-state index < -0.39 is 0 Å². The van der Waals surface area contributed by atoms with Gasteiger partial charge in [-0.25, -0.2) is 15.0 Å². The first-order chi connectivity index (χ1) is 12.2. The number of imidazole rings is 1. The average molecular weight is 351 g/mol. The summed E-state index contributed by atoms with van der Waals surface area (Å²) < 4.78 is 1.90. The van der Waals surface area contributed by atoms with Crippen LogP contribution in [0.3, 0.4) is 0 Å². The van der Waals surface area contributed by atoms with Crippen LogP contribution in [-0.2, 0) is 0 Å². The number of benzene rings is 1. The Balaban J connectivity index is 1.83. The van der Waals surface area contributed by atoms with Crippen molar-refractivity contribution in [3.8, 4) is 11.4 Å². The van der Waals surface area contributed by atoms with E-state index in [4.69, 9.17) is 11.6 Å². The molecular weight excluding hydrogens is 338 g/mol. The first-order valence-corrected chi connectivity index (χ1v) is 7.96. The molecule has 0 aliphatic heterocycles. The Morgan fingerprint density at radius 1 is 1.12 bits per heavy atom. The molecule has 0 radical (unpaired) electrons. The maximum atomic E-state index is 12.7. The molecule has 7 heteroatoms. The lowest BCUT2D eigenvalue weighted by molar-refractivity contribution is -0.498. The first-order valence-electron chi connectivity index (χ1n) is 7.58. The van der Waals surface area contributed by atoms with Crippen molar-refractivity contribution in [1.82, 2.24) is 15.0 Å². The molecule has 3 heterocycles. The molecular formula is C18H13ClN5O+. The third-order valence-electron chi connectivity index (χ3n) is 3.78. The predicted octanol–water partition coefficient (Wildman–Crippen LogP) is 3.12. The van der Waals surface area contributed by atoms with Crippen molar-refractivity contribution in [2.24, 2.45) is 0 Å². The smallest absolute Gasteiger partial charge is 0.301 e. The summed E-state index contributed by atoms with van der Waals surface area (Å²) in [7, 11) is 0. The molecule has 122 valence electrons. The van der Waals surface area contributed by atoms with Crippen LogP contribution in [0.4, 0.5) is 5.82 Å². The fraction of sp³-hybridized carbons (Fsp3) is 0. The minimum Gasteiger partial charge on any atom is -0.303 e. The van der Waals surface area contributed by atoms with Crippen LogP contribution in [0, 0.1) is 0 Å². The van der Waals surface area contributed by atoms with Crippen molar-refractivity contribution < 1.29 is 9.20 Å². The number of aromatic amines is 1. The minimum absolute atomic E-state index is 0.291. The maximum absolute atomic E-state index is 12.7. The maximum Gasteiger partial charge on any atom is 0.301 e. The number of carbonyl (C=O) groups excluding carboxylic acids is 1. The van der Waals surface area contributed by atoms with Crippen LogP contribution in [0.15, 0.2) is 67.3 Å². The highest BCUT2D eigenvalue weighted by Crippen LogP contribution is 2.25. The Kier molecular flexibility index (Phi) is 3.87. The molecule has 0 bridgehead atoms. The summed E-state index contributed by atoms with van der Waals surface area (Å²) in [5.74, 6) is 0.873. The van der Waals surface area contributed by atoms with Gasteiger partial charge in [0.05, 0.1) is 16.8 Å². The van der Waals surface area contributed by atoms with Gasteiger partial charge in [0.2, 0.25) is 5.69 Å². The Labute approximate surface area is 148 Å². The zero-order valence-corrected chi connectivity index (χ0v) is 13.7. The second-order valence-corrected chi connectivity index (χ2v) is 5.74. The molecule has 1 amide bonds. The van der Waals surface area contributed by atoms with Crippen molar-refractivity contribution in [2.75, 3.05) is 5.32 Å². The van der Waals surface area contributed by atoms with Crippen molar-refractivity contribution in [3.63, 3.8) is 0 Å². The number of H-pyrrole nitrogens is 1. The SMILES string of the molecule is O=C(Nc1ccncn1)c1[nH]c(-c2ccccc2Cl)[n+]2ccccc12. The van der Waals surface area contributed by atoms with Crippen LogP contribution >= 0.6 is 11.6 Å². The van der Waals surface area contributed by atoms with E-state index in [2.05, 4.69) is 20.3 Å². The molecule has 4 aromatic rings. The van der Waals surface area contributed by atoms with Crippen molar-refractivity contribution in [2.45, 2.75) is 0 Å². The monoisotopic (exact) mass is 350 g/mol. The number of aromatic nitrogens is 4. The molecule has 2 N–H and O–H groups in total. The molecule has 0 atom stereocenters. The number of hydrogen-bond acceptors (Lipinski definition) is 3. The first kappa shape index (κ1) is 15.3. The van der Waals surface area contributed by atoms with Gasteiger partial charge in [0.15, 0.2) is 5.52 Å². The standard InChI is InChI=1S/C18H12ClN5O/c19-13-6-2-1-5-12(13)17-23-16(14-7-3-4-10-24(14)17)18(25)22-15-8-9-20-11-21-15/h1-11H,(H,20,21,22,25)/p+1. The van der Waals surface area contributed by atoms with E-state index >= 15 is 0 Å². The fourth-order valence-corrected chi connectivity index (χ4v) is 2.88. The number of pyridine rings is 1. The normalized spacial score (nSPS) is 10.8. The largest absolute Gasteiger partial charge is 0.303 e. The van der Waals surface area contributed by atoms with E-state index in [0.29, 0.717) is 16.5 Å². The molecule has 0 fully saturated rings. The van der Waals surface area contributed by atoms with Gasteiger partial charge in [-0.2, -0.15) is 4.40 Å². The number of anilines is 1. The van der Waals surface area contributed by atoms with Crippen LogP contribution in [-0.4, -0.2) is 20.9 Å². The minimum atomic E-state index is -0.291. The number of hydrogen-bond donors (Lipinski definition) is 2. The molecule has 1 aromatic carbocycles. The topological polar surface area (TPSA) is 74.8 Å². The highest BCUT2D eigenvalue weighted by Gasteiger charge is 2.26. The van der Waals surface area contributed by atoms with Gasteiger partial charge in [-0.3, -0.25) is 4.79 Å². The van der Waals surface area contributed by atoms with Gasteiger partial charge in [-0.15, -0.1) is 0 Å². The molecule has 0 saturated carbocycles. The Hall–Kier alpha value is -3.25. The molecule has 3 aromatic heterocycles. The number of amides is 1. The van der Waals surface area contributed by atoms with Gasteiger partial charge in [-0.05, 0) is 30.3 Å². The van der Waals surface area contributed by atoms with E-state index in [-0.39, 0.29) is 5.91 Å². The van der Waals surface area contributed by atoms with Crippen LogP contribution in [0.1, 0.15) is 10.5 Å². The van der Waals surface area contributed by atoms with Gasteiger partial charge >= 0.3 is 5.91 Å². The van der Waals surface area contributed by atoms with E-state index in [1.165, 1.54) is 6.33 Å². The number of nitrogens with zero attached hydrogens (tertiary/aromatic N) is 3. The van der Waals surface area contributed by atoms with Gasteiger partial charge in [0.25, 0.3) is 5.82 Å². The van der Waals surface area contributed by atoms with Crippen molar-refractivity contribution in [3.05, 3.63) is 78.0 Å². The van der Waals surface area contributed by atoms with Gasteiger partial charge in [-0.1, -0.05) is 29.8 Å². The summed E-state index contributed by atoms with van der Waals surface area (Å²) in [6.07, 6.45) is 4.83. The highest BCUT2D eigenvalue weighted by molar-refractivity contribution is 6.33. The molecule has 25 heavy (non-hydrogen) atoms. The lowest BCUT2D eigenvalue weighted by Gasteiger charge is -1.99. The quantitative estimate of drug-likeness (QED) is 0.557. The molecule has 0 unspecified atom stereocenters. The number of nitrogens with one attached hydrogen (secondary N) is 2. The molecule has 0 aliphatic carbocycles. The number of halogens is 1. The number of fused-ring (bicyclic) bond motifs is 1. The van der Waals surface area contributed by atoms with Crippen LogP contribution in [0.5, 0.6) is 0 Å². The summed E-state index contributed by atoms with van der Waals surface area (Å²) in [5, 5.41) is 3.36. The molecule has 0 saturated heterocycles. The number of rotatable bonds is 3. The predicted molar refractivity (Wildman–Crippen MR) is 94.4 cm³/mol. The number of carbonyl (C=O) groups is 1. The van der Waals surface area contributed by atoms with E-state index in [0.717, 1.165) is 16.9 Å². The molecule has 0 aliphatic rings. The third-order valence-corrected chi connectivity index (χ3v) is 4.11. The Morgan fingerprint density at radius 2 is 1.96 bits per heavy atom. The van der Waals surface area contributed by atoms with Gasteiger partial charge in [0.1, 0.15) is 12.1 Å². The third kappa shape index (κ3) is 2.83. The van der Waals surface area contributed by atoms with Crippen LogP contribution in [0.2, 0.25) is 5.02 Å². The summed E-state index contributed by atoms with van der Waals surface area (Å²) in [6, 6.07) is 14.8. The zero-order valence-electron chi connectivity index (χ0n) is 13.0. The molecule has 0 spiro atoms. The van der Waals surface area contributed by atoms with Crippen LogP contribution in [0.25, 0.3) is 16.9 Å². The summed E-state index contributed by atoms with van der Waals surface area (Å²) >= 11 is 6.33. The second kappa shape index (κ2) is 6.33. The van der Waals surface area contributed by atoms with Crippen LogP contribution < -0.4 is 9.72 Å². The summed E-state index contributed by atoms with van der Waals surface area (Å²) in [5.41, 5.74) is 1.98.